The highest BCUT2D eigenvalue weighted by Crippen LogP contribution is 2.62. The minimum atomic E-state index is -3.66. The molecular weight excluding hydrogens is 292 g/mol. The molecule has 0 aromatic carbocycles. The van der Waals surface area contributed by atoms with Crippen LogP contribution in [0, 0.1) is 23.2 Å². The van der Waals surface area contributed by atoms with Gasteiger partial charge < -0.3 is 9.29 Å². The number of hydrogen-bond acceptors (Lipinski definition) is 4. The first-order valence-corrected chi connectivity index (χ1v) is 9.37. The van der Waals surface area contributed by atoms with Gasteiger partial charge in [-0.25, -0.2) is 4.79 Å². The Balaban J connectivity index is 1.78. The fraction of sp³-hybridized carbons (Fsp3) is 0.800. The highest BCUT2D eigenvalue weighted by molar-refractivity contribution is 7.86. The van der Waals surface area contributed by atoms with E-state index in [1.165, 1.54) is 19.3 Å². The second kappa shape index (κ2) is 5.00. The summed E-state index contributed by atoms with van der Waals surface area (Å²) in [5.41, 5.74) is 0.141. The lowest BCUT2D eigenvalue weighted by atomic mass is 9.48. The molecule has 118 valence electrons. The smallest absolute Gasteiger partial charge is 0.334 e. The van der Waals surface area contributed by atoms with E-state index in [1.807, 2.05) is 0 Å². The maximum atomic E-state index is 11.4. The number of carbonyl (C=O) groups is 1. The van der Waals surface area contributed by atoms with Gasteiger partial charge in [0.15, 0.2) is 0 Å². The summed E-state index contributed by atoms with van der Waals surface area (Å²) in [6.45, 7) is 0. The molecule has 5 nitrogen and oxygen atoms in total. The van der Waals surface area contributed by atoms with E-state index in [1.54, 1.807) is 0 Å². The monoisotopic (exact) mass is 314 g/mol. The molecule has 0 radical (unpaired) electrons. The standard InChI is InChI=1S/C15H22O5S/c1-21(18,19)20-9-13(14(16)17)8-15-5-10-2-11(6-15)4-12(3-10)7-15/h9-12H,2-8H2,1H3,(H,16,17). The van der Waals surface area contributed by atoms with Gasteiger partial charge in [0.2, 0.25) is 0 Å². The topological polar surface area (TPSA) is 80.7 Å². The Kier molecular flexibility index (Phi) is 3.55. The van der Waals surface area contributed by atoms with Crippen LogP contribution in [0.2, 0.25) is 0 Å². The molecule has 0 atom stereocenters. The van der Waals surface area contributed by atoms with E-state index in [0.717, 1.165) is 49.5 Å². The Hall–Kier alpha value is -1.04. The van der Waals surface area contributed by atoms with Crippen LogP contribution in [0.25, 0.3) is 0 Å². The van der Waals surface area contributed by atoms with Crippen molar-refractivity contribution in [1.82, 2.24) is 0 Å². The zero-order valence-corrected chi connectivity index (χ0v) is 13.1. The normalized spacial score (nSPS) is 38.5. The van der Waals surface area contributed by atoms with Crippen molar-refractivity contribution in [1.29, 1.82) is 0 Å². The van der Waals surface area contributed by atoms with Crippen LogP contribution in [0.4, 0.5) is 0 Å². The zero-order chi connectivity index (χ0) is 15.3. The highest BCUT2D eigenvalue weighted by atomic mass is 32.2. The molecule has 0 aromatic heterocycles. The first-order chi connectivity index (χ1) is 9.75. The van der Waals surface area contributed by atoms with E-state index in [4.69, 9.17) is 0 Å². The van der Waals surface area contributed by atoms with Crippen molar-refractivity contribution in [3.63, 3.8) is 0 Å². The summed E-state index contributed by atoms with van der Waals surface area (Å²) in [5, 5.41) is 9.33. The molecular formula is C15H22O5S. The lowest BCUT2D eigenvalue weighted by Gasteiger charge is -2.57. The predicted molar refractivity (Wildman–Crippen MR) is 76.9 cm³/mol. The molecule has 0 heterocycles. The summed E-state index contributed by atoms with van der Waals surface area (Å²) in [7, 11) is -3.66. The summed E-state index contributed by atoms with van der Waals surface area (Å²) < 4.78 is 26.7. The van der Waals surface area contributed by atoms with Crippen molar-refractivity contribution in [3.05, 3.63) is 11.8 Å². The minimum Gasteiger partial charge on any atom is -0.478 e. The molecule has 0 saturated heterocycles. The molecule has 4 bridgehead atoms. The third-order valence-electron chi connectivity index (χ3n) is 5.37. The Morgan fingerprint density at radius 1 is 1.19 bits per heavy atom. The van der Waals surface area contributed by atoms with Gasteiger partial charge in [-0.05, 0) is 68.1 Å². The van der Waals surface area contributed by atoms with Crippen molar-refractivity contribution < 1.29 is 22.5 Å². The molecule has 21 heavy (non-hydrogen) atoms. The van der Waals surface area contributed by atoms with Gasteiger partial charge in [0.05, 0.1) is 11.8 Å². The number of carboxylic acid groups (broad SMARTS) is 1. The molecule has 4 aliphatic rings. The summed E-state index contributed by atoms with van der Waals surface area (Å²) >= 11 is 0. The average Bonchev–Trinajstić information content (AvgIpc) is 2.31. The summed E-state index contributed by atoms with van der Waals surface area (Å²) in [6, 6.07) is 0. The molecule has 4 fully saturated rings. The van der Waals surface area contributed by atoms with Crippen molar-refractivity contribution in [2.45, 2.75) is 44.9 Å². The molecule has 4 rings (SSSR count). The Labute approximate surface area is 125 Å². The Bertz CT molecular complexity index is 540. The fourth-order valence-corrected chi connectivity index (χ4v) is 5.51. The van der Waals surface area contributed by atoms with Crippen molar-refractivity contribution in [2.24, 2.45) is 23.2 Å². The van der Waals surface area contributed by atoms with Gasteiger partial charge in [0.25, 0.3) is 0 Å². The molecule has 6 heteroatoms. The first-order valence-electron chi connectivity index (χ1n) is 7.55. The van der Waals surface area contributed by atoms with Gasteiger partial charge in [0.1, 0.15) is 6.26 Å². The quantitative estimate of drug-likeness (QED) is 0.479. The molecule has 0 aromatic rings. The second-order valence-electron chi connectivity index (χ2n) is 7.34. The van der Waals surface area contributed by atoms with Gasteiger partial charge in [-0.1, -0.05) is 0 Å². The lowest BCUT2D eigenvalue weighted by molar-refractivity contribution is -0.134. The number of hydrogen-bond donors (Lipinski definition) is 1. The molecule has 0 amide bonds. The number of carboxylic acids is 1. The average molecular weight is 314 g/mol. The maximum absolute atomic E-state index is 11.4. The molecule has 0 unspecified atom stereocenters. The van der Waals surface area contributed by atoms with Crippen LogP contribution in [0.3, 0.4) is 0 Å². The van der Waals surface area contributed by atoms with Crippen LogP contribution in [0.15, 0.2) is 11.8 Å². The zero-order valence-electron chi connectivity index (χ0n) is 12.2. The molecule has 0 aliphatic heterocycles. The van der Waals surface area contributed by atoms with Crippen LogP contribution < -0.4 is 0 Å². The second-order valence-corrected chi connectivity index (χ2v) is 8.94. The summed E-state index contributed by atoms with van der Waals surface area (Å²) in [4.78, 5) is 11.4. The first kappa shape index (κ1) is 14.9. The fourth-order valence-electron chi connectivity index (χ4n) is 5.22. The molecule has 0 spiro atoms. The van der Waals surface area contributed by atoms with Gasteiger partial charge in [0, 0.05) is 0 Å². The summed E-state index contributed by atoms with van der Waals surface area (Å²) in [5.74, 6) is 1.14. The summed E-state index contributed by atoms with van der Waals surface area (Å²) in [6.07, 6.45) is 9.43. The molecule has 4 saturated carbocycles. The van der Waals surface area contributed by atoms with Crippen LogP contribution in [-0.2, 0) is 19.1 Å². The minimum absolute atomic E-state index is 0.0554. The predicted octanol–water partition coefficient (Wildman–Crippen LogP) is 2.54. The van der Waals surface area contributed by atoms with E-state index in [-0.39, 0.29) is 11.0 Å². The lowest BCUT2D eigenvalue weighted by Crippen LogP contribution is -2.46. The van der Waals surface area contributed by atoms with Gasteiger partial charge >= 0.3 is 16.1 Å². The SMILES string of the molecule is CS(=O)(=O)OC=C(CC12CC3CC(CC(C3)C1)C2)C(=O)O. The molecule has 1 N–H and O–H groups in total. The third-order valence-corrected chi connectivity index (χ3v) is 5.82. The van der Waals surface area contributed by atoms with E-state index in [0.29, 0.717) is 6.42 Å². The Morgan fingerprint density at radius 3 is 2.05 bits per heavy atom. The number of rotatable bonds is 5. The van der Waals surface area contributed by atoms with Crippen LogP contribution in [-0.4, -0.2) is 25.7 Å². The van der Waals surface area contributed by atoms with Gasteiger partial charge in [-0.15, -0.1) is 0 Å². The van der Waals surface area contributed by atoms with E-state index >= 15 is 0 Å². The highest BCUT2D eigenvalue weighted by Gasteiger charge is 2.51. The van der Waals surface area contributed by atoms with Gasteiger partial charge in [-0.3, -0.25) is 0 Å². The van der Waals surface area contributed by atoms with Crippen molar-refractivity contribution in [2.75, 3.05) is 6.26 Å². The van der Waals surface area contributed by atoms with Crippen LogP contribution >= 0.6 is 0 Å². The largest absolute Gasteiger partial charge is 0.478 e. The van der Waals surface area contributed by atoms with E-state index in [9.17, 15) is 18.3 Å². The van der Waals surface area contributed by atoms with E-state index < -0.39 is 16.1 Å². The van der Waals surface area contributed by atoms with Crippen molar-refractivity contribution in [3.8, 4) is 0 Å². The third kappa shape index (κ3) is 3.25. The number of aliphatic carboxylic acids is 1. The Morgan fingerprint density at radius 2 is 1.67 bits per heavy atom. The van der Waals surface area contributed by atoms with Gasteiger partial charge in [-0.2, -0.15) is 8.42 Å². The van der Waals surface area contributed by atoms with Crippen molar-refractivity contribution >= 4 is 16.1 Å². The molecule has 4 aliphatic carbocycles. The maximum Gasteiger partial charge on any atom is 0.334 e. The van der Waals surface area contributed by atoms with Crippen LogP contribution in [0.5, 0.6) is 0 Å². The van der Waals surface area contributed by atoms with E-state index in [2.05, 4.69) is 4.18 Å². The van der Waals surface area contributed by atoms with Crippen LogP contribution in [0.1, 0.15) is 44.9 Å².